The quantitative estimate of drug-likeness (QED) is 0.624. The van der Waals surface area contributed by atoms with Crippen molar-refractivity contribution < 1.29 is 9.59 Å². The van der Waals surface area contributed by atoms with Crippen molar-refractivity contribution in [3.05, 3.63) is 54.6 Å². The van der Waals surface area contributed by atoms with Crippen LogP contribution in [0.15, 0.2) is 54.6 Å². The molecule has 0 aromatic heterocycles. The number of para-hydroxylation sites is 1. The number of halogens is 1. The van der Waals surface area contributed by atoms with Crippen molar-refractivity contribution in [3.63, 3.8) is 0 Å². The largest absolute Gasteiger partial charge is 0.326 e. The van der Waals surface area contributed by atoms with Gasteiger partial charge in [-0.2, -0.15) is 0 Å². The number of carbonyl (C=O) groups excluding carboxylic acids is 2. The van der Waals surface area contributed by atoms with Gasteiger partial charge in [-0.15, -0.1) is 12.4 Å². The van der Waals surface area contributed by atoms with Crippen LogP contribution < -0.4 is 21.3 Å². The van der Waals surface area contributed by atoms with Gasteiger partial charge in [0.15, 0.2) is 0 Å². The Labute approximate surface area is 170 Å². The van der Waals surface area contributed by atoms with E-state index >= 15 is 0 Å². The summed E-state index contributed by atoms with van der Waals surface area (Å²) in [5.41, 5.74) is 2.38. The monoisotopic (exact) mass is 400 g/mol. The SMILES string of the molecule is Cl.O=C(Nc1ccccc1)Nc1ccc(NC(=O)C2CC23CCNCC3)cc1. The molecule has 2 aliphatic rings. The van der Waals surface area contributed by atoms with E-state index in [4.69, 9.17) is 0 Å². The molecule has 0 radical (unpaired) electrons. The predicted octanol–water partition coefficient (Wildman–Crippen LogP) is 4.08. The van der Waals surface area contributed by atoms with Crippen molar-refractivity contribution in [2.24, 2.45) is 11.3 Å². The normalized spacial score (nSPS) is 19.2. The van der Waals surface area contributed by atoms with Crippen LogP contribution in [0.2, 0.25) is 0 Å². The molecule has 2 aromatic carbocycles. The van der Waals surface area contributed by atoms with Crippen molar-refractivity contribution >= 4 is 41.4 Å². The molecule has 1 saturated heterocycles. The molecule has 4 N–H and O–H groups in total. The average Bonchev–Trinajstić information content (AvgIpc) is 3.37. The van der Waals surface area contributed by atoms with E-state index < -0.39 is 0 Å². The lowest BCUT2D eigenvalue weighted by Crippen LogP contribution is -2.31. The van der Waals surface area contributed by atoms with Gasteiger partial charge in [0.05, 0.1) is 0 Å². The van der Waals surface area contributed by atoms with Gasteiger partial charge in [0.1, 0.15) is 0 Å². The Balaban J connectivity index is 0.00000225. The van der Waals surface area contributed by atoms with Gasteiger partial charge < -0.3 is 21.3 Å². The Morgan fingerprint density at radius 2 is 1.36 bits per heavy atom. The van der Waals surface area contributed by atoms with E-state index in [0.717, 1.165) is 43.7 Å². The smallest absolute Gasteiger partial charge is 0.323 e. The van der Waals surface area contributed by atoms with Crippen molar-refractivity contribution in [3.8, 4) is 0 Å². The average molecular weight is 401 g/mol. The van der Waals surface area contributed by atoms with E-state index in [1.807, 2.05) is 42.5 Å². The first kappa shape index (κ1) is 20.2. The molecule has 1 aliphatic heterocycles. The molecular weight excluding hydrogens is 376 g/mol. The molecule has 1 aliphatic carbocycles. The van der Waals surface area contributed by atoms with Crippen LogP contribution in [-0.2, 0) is 4.79 Å². The number of urea groups is 1. The summed E-state index contributed by atoms with van der Waals surface area (Å²) < 4.78 is 0. The lowest BCUT2D eigenvalue weighted by molar-refractivity contribution is -0.118. The Morgan fingerprint density at radius 3 is 1.96 bits per heavy atom. The summed E-state index contributed by atoms with van der Waals surface area (Å²) >= 11 is 0. The van der Waals surface area contributed by atoms with Gasteiger partial charge in [0.25, 0.3) is 0 Å². The van der Waals surface area contributed by atoms with Crippen molar-refractivity contribution in [2.75, 3.05) is 29.0 Å². The van der Waals surface area contributed by atoms with Crippen LogP contribution >= 0.6 is 12.4 Å². The molecule has 1 saturated carbocycles. The minimum absolute atomic E-state index is 0. The number of nitrogens with one attached hydrogen (secondary N) is 4. The van der Waals surface area contributed by atoms with Crippen molar-refractivity contribution in [1.29, 1.82) is 0 Å². The molecule has 1 spiro atoms. The maximum absolute atomic E-state index is 12.5. The summed E-state index contributed by atoms with van der Waals surface area (Å²) in [6, 6.07) is 16.2. The number of hydrogen-bond donors (Lipinski definition) is 4. The summed E-state index contributed by atoms with van der Waals surface area (Å²) in [6.07, 6.45) is 3.18. The van der Waals surface area contributed by atoms with Crippen LogP contribution in [0.3, 0.4) is 0 Å². The van der Waals surface area contributed by atoms with E-state index in [1.165, 1.54) is 0 Å². The van der Waals surface area contributed by atoms with E-state index in [0.29, 0.717) is 5.69 Å². The molecule has 0 bridgehead atoms. The summed E-state index contributed by atoms with van der Waals surface area (Å²) in [4.78, 5) is 24.5. The van der Waals surface area contributed by atoms with E-state index in [9.17, 15) is 9.59 Å². The molecule has 3 amide bonds. The van der Waals surface area contributed by atoms with Gasteiger partial charge in [0.2, 0.25) is 5.91 Å². The highest BCUT2D eigenvalue weighted by atomic mass is 35.5. The fourth-order valence-electron chi connectivity index (χ4n) is 3.88. The number of benzene rings is 2. The highest BCUT2D eigenvalue weighted by molar-refractivity contribution is 6.00. The Hall–Kier alpha value is -2.57. The van der Waals surface area contributed by atoms with Crippen LogP contribution in [0.5, 0.6) is 0 Å². The minimum atomic E-state index is -0.302. The summed E-state index contributed by atoms with van der Waals surface area (Å²) in [6.45, 7) is 2.02. The van der Waals surface area contributed by atoms with E-state index in [1.54, 1.807) is 12.1 Å². The topological polar surface area (TPSA) is 82.3 Å². The van der Waals surface area contributed by atoms with Gasteiger partial charge >= 0.3 is 6.03 Å². The first-order valence-electron chi connectivity index (χ1n) is 9.39. The van der Waals surface area contributed by atoms with Gasteiger partial charge in [-0.1, -0.05) is 18.2 Å². The zero-order valence-electron chi connectivity index (χ0n) is 15.5. The lowest BCUT2D eigenvalue weighted by atomic mass is 9.92. The highest BCUT2D eigenvalue weighted by Crippen LogP contribution is 2.58. The molecule has 1 atom stereocenters. The molecule has 148 valence electrons. The second kappa shape index (κ2) is 8.63. The van der Waals surface area contributed by atoms with E-state index in [2.05, 4.69) is 21.3 Å². The van der Waals surface area contributed by atoms with Crippen LogP contribution in [0.1, 0.15) is 19.3 Å². The Kier molecular flexibility index (Phi) is 6.21. The van der Waals surface area contributed by atoms with Crippen LogP contribution in [-0.4, -0.2) is 25.0 Å². The van der Waals surface area contributed by atoms with Crippen LogP contribution in [0, 0.1) is 11.3 Å². The number of piperidine rings is 1. The fourth-order valence-corrected chi connectivity index (χ4v) is 3.88. The van der Waals surface area contributed by atoms with E-state index in [-0.39, 0.29) is 35.7 Å². The number of rotatable bonds is 4. The van der Waals surface area contributed by atoms with Crippen molar-refractivity contribution in [2.45, 2.75) is 19.3 Å². The predicted molar refractivity (Wildman–Crippen MR) is 114 cm³/mol. The Morgan fingerprint density at radius 1 is 0.821 bits per heavy atom. The molecule has 1 heterocycles. The third kappa shape index (κ3) is 4.64. The first-order chi connectivity index (χ1) is 13.1. The molecule has 1 unspecified atom stereocenters. The zero-order valence-corrected chi connectivity index (χ0v) is 16.4. The fraction of sp³-hybridized carbons (Fsp3) is 0.333. The van der Waals surface area contributed by atoms with Gasteiger partial charge in [0, 0.05) is 23.0 Å². The lowest BCUT2D eigenvalue weighted by Gasteiger charge is -2.23. The second-order valence-corrected chi connectivity index (χ2v) is 7.38. The minimum Gasteiger partial charge on any atom is -0.326 e. The molecule has 28 heavy (non-hydrogen) atoms. The van der Waals surface area contributed by atoms with Gasteiger partial charge in [-0.05, 0) is 74.2 Å². The van der Waals surface area contributed by atoms with Crippen molar-refractivity contribution in [1.82, 2.24) is 5.32 Å². The second-order valence-electron chi connectivity index (χ2n) is 7.38. The molecule has 7 heteroatoms. The third-order valence-electron chi connectivity index (χ3n) is 5.55. The summed E-state index contributed by atoms with van der Waals surface area (Å²) in [7, 11) is 0. The highest BCUT2D eigenvalue weighted by Gasteiger charge is 2.57. The number of amides is 3. The summed E-state index contributed by atoms with van der Waals surface area (Å²) in [5, 5.41) is 11.9. The number of hydrogen-bond acceptors (Lipinski definition) is 3. The summed E-state index contributed by atoms with van der Waals surface area (Å²) in [5.74, 6) is 0.244. The Bertz CT molecular complexity index is 820. The third-order valence-corrected chi connectivity index (χ3v) is 5.55. The molecule has 6 nitrogen and oxygen atoms in total. The first-order valence-corrected chi connectivity index (χ1v) is 9.39. The molecule has 4 rings (SSSR count). The number of anilines is 3. The standard InChI is InChI=1S/C21H24N4O2.ClH/c26-19(18-14-21(18)10-12-22-13-11-21)23-16-6-8-17(9-7-16)25-20(27)24-15-4-2-1-3-5-15;/h1-9,18,22H,10-14H2,(H,23,26)(H2,24,25,27);1H. The maximum atomic E-state index is 12.5. The number of carbonyl (C=O) groups is 2. The van der Waals surface area contributed by atoms with Crippen LogP contribution in [0.4, 0.5) is 21.9 Å². The molecule has 2 fully saturated rings. The zero-order chi connectivity index (χ0) is 18.7. The van der Waals surface area contributed by atoms with Gasteiger partial charge in [-0.25, -0.2) is 4.79 Å². The molecule has 2 aromatic rings. The van der Waals surface area contributed by atoms with Gasteiger partial charge in [-0.3, -0.25) is 4.79 Å². The maximum Gasteiger partial charge on any atom is 0.323 e. The van der Waals surface area contributed by atoms with Crippen LogP contribution in [0.25, 0.3) is 0 Å². The molecular formula is C21H25ClN4O2.